The first-order valence-corrected chi connectivity index (χ1v) is 9.89. The molecule has 6 heteroatoms. The molecule has 0 aromatic heterocycles. The zero-order chi connectivity index (χ0) is 20.1. The molecule has 142 valence electrons. The average molecular weight is 401 g/mol. The Morgan fingerprint density at radius 1 is 0.966 bits per heavy atom. The van der Waals surface area contributed by atoms with Gasteiger partial charge in [-0.05, 0) is 42.0 Å². The molecule has 1 unspecified atom stereocenters. The Bertz CT molecular complexity index is 1230. The van der Waals surface area contributed by atoms with E-state index >= 15 is 0 Å². The van der Waals surface area contributed by atoms with Gasteiger partial charge in [0.1, 0.15) is 5.75 Å². The van der Waals surface area contributed by atoms with Gasteiger partial charge in [-0.25, -0.2) is 4.79 Å². The van der Waals surface area contributed by atoms with E-state index in [1.54, 1.807) is 24.3 Å². The molecule has 0 fully saturated rings. The Balaban J connectivity index is 1.73. The minimum absolute atomic E-state index is 0.0803. The fourth-order valence-electron chi connectivity index (χ4n) is 3.79. The van der Waals surface area contributed by atoms with E-state index < -0.39 is 5.97 Å². The highest BCUT2D eigenvalue weighted by Crippen LogP contribution is 2.52. The molecule has 1 aliphatic carbocycles. The van der Waals surface area contributed by atoms with Crippen molar-refractivity contribution in [2.24, 2.45) is 0 Å². The predicted molar refractivity (Wildman–Crippen MR) is 111 cm³/mol. The summed E-state index contributed by atoms with van der Waals surface area (Å²) in [4.78, 5) is 25.8. The molecule has 0 spiro atoms. The van der Waals surface area contributed by atoms with Crippen LogP contribution in [0.25, 0.3) is 5.70 Å². The molecule has 3 aromatic carbocycles. The minimum Gasteiger partial charge on any atom is -0.508 e. The molecule has 3 N–H and O–H groups in total. The molecule has 5 rings (SSSR count). The van der Waals surface area contributed by atoms with Crippen molar-refractivity contribution in [1.82, 2.24) is 0 Å². The van der Waals surface area contributed by atoms with Crippen molar-refractivity contribution in [2.75, 3.05) is 5.32 Å². The molecule has 0 saturated heterocycles. The zero-order valence-corrected chi connectivity index (χ0v) is 15.9. The normalized spacial score (nSPS) is 17.1. The number of carboxylic acid groups (broad SMARTS) is 1. The minimum atomic E-state index is -1.07. The number of aromatic hydroxyl groups is 1. The number of hydrogen-bond acceptors (Lipinski definition) is 5. The number of carboxylic acids is 1. The molecule has 2 aliphatic rings. The van der Waals surface area contributed by atoms with Gasteiger partial charge in [-0.2, -0.15) is 0 Å². The van der Waals surface area contributed by atoms with E-state index in [0.29, 0.717) is 22.4 Å². The monoisotopic (exact) mass is 401 g/mol. The van der Waals surface area contributed by atoms with Gasteiger partial charge in [-0.3, -0.25) is 4.79 Å². The van der Waals surface area contributed by atoms with Gasteiger partial charge in [0.2, 0.25) is 0 Å². The number of fused-ring (bicyclic) bond motifs is 3. The maximum absolute atomic E-state index is 13.4. The summed E-state index contributed by atoms with van der Waals surface area (Å²) in [6, 6.07) is 19.3. The van der Waals surface area contributed by atoms with Gasteiger partial charge < -0.3 is 15.5 Å². The van der Waals surface area contributed by atoms with Gasteiger partial charge >= 0.3 is 5.97 Å². The van der Waals surface area contributed by atoms with E-state index in [-0.39, 0.29) is 22.3 Å². The van der Waals surface area contributed by atoms with Crippen LogP contribution in [0.4, 0.5) is 5.69 Å². The zero-order valence-electron chi connectivity index (χ0n) is 15.0. The van der Waals surface area contributed by atoms with Crippen molar-refractivity contribution in [3.8, 4) is 5.75 Å². The number of anilines is 1. The second kappa shape index (κ2) is 6.53. The van der Waals surface area contributed by atoms with Crippen LogP contribution in [0.1, 0.15) is 37.1 Å². The van der Waals surface area contributed by atoms with E-state index in [9.17, 15) is 19.8 Å². The van der Waals surface area contributed by atoms with E-state index in [1.807, 2.05) is 30.3 Å². The number of hydrogen-bond donors (Lipinski definition) is 3. The van der Waals surface area contributed by atoms with Crippen molar-refractivity contribution in [1.29, 1.82) is 0 Å². The lowest BCUT2D eigenvalue weighted by molar-refractivity contribution is 0.0697. The Labute approximate surface area is 170 Å². The largest absolute Gasteiger partial charge is 0.508 e. The van der Waals surface area contributed by atoms with E-state index in [0.717, 1.165) is 16.1 Å². The quantitative estimate of drug-likeness (QED) is 0.563. The van der Waals surface area contributed by atoms with Crippen LogP contribution in [0.15, 0.2) is 77.2 Å². The smallest absolute Gasteiger partial charge is 0.335 e. The van der Waals surface area contributed by atoms with Gasteiger partial charge in [0.05, 0.1) is 22.2 Å². The van der Waals surface area contributed by atoms with Crippen LogP contribution in [-0.4, -0.2) is 22.0 Å². The molecule has 5 nitrogen and oxygen atoms in total. The summed E-state index contributed by atoms with van der Waals surface area (Å²) in [5.41, 5.74) is 4.10. The number of rotatable bonds is 2. The van der Waals surface area contributed by atoms with Gasteiger partial charge in [0.15, 0.2) is 5.78 Å². The van der Waals surface area contributed by atoms with Crippen molar-refractivity contribution < 1.29 is 19.8 Å². The first-order chi connectivity index (χ1) is 14.0. The molecule has 0 radical (unpaired) electrons. The topological polar surface area (TPSA) is 86.6 Å². The van der Waals surface area contributed by atoms with Crippen LogP contribution >= 0.6 is 11.8 Å². The van der Waals surface area contributed by atoms with Gasteiger partial charge in [-0.1, -0.05) is 30.3 Å². The lowest BCUT2D eigenvalue weighted by Gasteiger charge is -2.17. The maximum atomic E-state index is 13.4. The summed E-state index contributed by atoms with van der Waals surface area (Å²) in [6.45, 7) is 0. The number of para-hydroxylation sites is 1. The molecule has 3 aromatic rings. The lowest BCUT2D eigenvalue weighted by atomic mass is 10.00. The van der Waals surface area contributed by atoms with Gasteiger partial charge in [0, 0.05) is 21.6 Å². The average Bonchev–Trinajstić information content (AvgIpc) is 2.88. The molecule has 1 heterocycles. The fourth-order valence-corrected chi connectivity index (χ4v) is 5.07. The van der Waals surface area contributed by atoms with E-state index in [2.05, 4.69) is 5.32 Å². The van der Waals surface area contributed by atoms with Crippen molar-refractivity contribution in [3.05, 3.63) is 94.6 Å². The number of aromatic carboxylic acids is 1. The SMILES string of the molecule is O=C(O)c1ccc2c(c1)C(=O)C1=C2Nc2ccccc2SC1c1cccc(O)c1. The summed E-state index contributed by atoms with van der Waals surface area (Å²) < 4.78 is 0. The summed E-state index contributed by atoms with van der Waals surface area (Å²) in [6.07, 6.45) is 0. The highest BCUT2D eigenvalue weighted by molar-refractivity contribution is 8.00. The standard InChI is InChI=1S/C23H15NO4S/c25-14-5-3-4-12(10-14)22-19-20(24-17-6-1-2-7-18(17)29-22)15-9-8-13(23(27)28)11-16(15)21(19)26/h1-11,22,24-25H,(H,27,28). The molecule has 0 amide bonds. The second-order valence-electron chi connectivity index (χ2n) is 6.90. The third-order valence-corrected chi connectivity index (χ3v) is 6.47. The number of ketones is 1. The summed E-state index contributed by atoms with van der Waals surface area (Å²) in [7, 11) is 0. The van der Waals surface area contributed by atoms with Crippen LogP contribution in [-0.2, 0) is 0 Å². The Hall–Kier alpha value is -3.51. The molecule has 0 saturated carbocycles. The predicted octanol–water partition coefficient (Wildman–Crippen LogP) is 4.96. The third kappa shape index (κ3) is 2.80. The number of carbonyl (C=O) groups is 2. The number of nitrogens with one attached hydrogen (secondary N) is 1. The van der Waals surface area contributed by atoms with Crippen LogP contribution in [0, 0.1) is 0 Å². The maximum Gasteiger partial charge on any atom is 0.335 e. The second-order valence-corrected chi connectivity index (χ2v) is 8.04. The summed E-state index contributed by atoms with van der Waals surface area (Å²) in [5, 5.41) is 22.4. The van der Waals surface area contributed by atoms with Crippen LogP contribution in [0.3, 0.4) is 0 Å². The van der Waals surface area contributed by atoms with Crippen LogP contribution in [0.2, 0.25) is 0 Å². The van der Waals surface area contributed by atoms with Crippen molar-refractivity contribution in [3.63, 3.8) is 0 Å². The Morgan fingerprint density at radius 3 is 2.59 bits per heavy atom. The first kappa shape index (κ1) is 17.6. The fraction of sp³-hybridized carbons (Fsp3) is 0.0435. The first-order valence-electron chi connectivity index (χ1n) is 9.01. The van der Waals surface area contributed by atoms with Gasteiger partial charge in [-0.15, -0.1) is 11.8 Å². The van der Waals surface area contributed by atoms with E-state index in [4.69, 9.17) is 0 Å². The Morgan fingerprint density at radius 2 is 1.79 bits per heavy atom. The van der Waals surface area contributed by atoms with Crippen LogP contribution < -0.4 is 5.32 Å². The number of phenolic OH excluding ortho intramolecular Hbond substituents is 1. The highest BCUT2D eigenvalue weighted by Gasteiger charge is 2.38. The molecule has 29 heavy (non-hydrogen) atoms. The van der Waals surface area contributed by atoms with E-state index in [1.165, 1.54) is 23.9 Å². The number of thioether (sulfide) groups is 1. The number of Topliss-reactive ketones (excluding diaryl/α,β-unsaturated/α-hetero) is 1. The molecule has 1 aliphatic heterocycles. The molecular weight excluding hydrogens is 386 g/mol. The number of benzene rings is 3. The third-order valence-electron chi connectivity index (χ3n) is 5.12. The van der Waals surface area contributed by atoms with Crippen molar-refractivity contribution in [2.45, 2.75) is 10.1 Å². The molecular formula is C23H15NO4S. The highest BCUT2D eigenvalue weighted by atomic mass is 32.2. The lowest BCUT2D eigenvalue weighted by Crippen LogP contribution is -2.08. The number of carbonyl (C=O) groups excluding carboxylic acids is 1. The summed E-state index contributed by atoms with van der Waals surface area (Å²) in [5.74, 6) is -1.13. The van der Waals surface area contributed by atoms with Gasteiger partial charge in [0.25, 0.3) is 0 Å². The molecule has 1 atom stereocenters. The van der Waals surface area contributed by atoms with Crippen LogP contribution in [0.5, 0.6) is 5.75 Å². The number of phenols is 1. The summed E-state index contributed by atoms with van der Waals surface area (Å²) >= 11 is 1.53. The molecule has 0 bridgehead atoms. The Kier molecular flexibility index (Phi) is 3.96. The van der Waals surface area contributed by atoms with Crippen molar-refractivity contribution >= 4 is 34.9 Å².